The van der Waals surface area contributed by atoms with E-state index in [-0.39, 0.29) is 11.9 Å². The molecule has 30 heavy (non-hydrogen) atoms. The van der Waals surface area contributed by atoms with Gasteiger partial charge in [-0.05, 0) is 48.1 Å². The molecule has 3 aliphatic rings. The largest absolute Gasteiger partial charge is 0.375 e. The Labute approximate surface area is 177 Å². The third-order valence-corrected chi connectivity index (χ3v) is 5.73. The molecular weight excluding hydrogens is 379 g/mol. The van der Waals surface area contributed by atoms with E-state index in [9.17, 15) is 4.39 Å². The predicted molar refractivity (Wildman–Crippen MR) is 118 cm³/mol. The van der Waals surface area contributed by atoms with Crippen LogP contribution >= 0.6 is 0 Å². The fraction of sp³-hybridized carbons (Fsp3) is 0.360. The summed E-state index contributed by atoms with van der Waals surface area (Å²) < 4.78 is 20.4. The van der Waals surface area contributed by atoms with Gasteiger partial charge in [0, 0.05) is 24.2 Å². The van der Waals surface area contributed by atoms with Gasteiger partial charge in [0.2, 0.25) is 0 Å². The van der Waals surface area contributed by atoms with Gasteiger partial charge in [-0.25, -0.2) is 4.39 Å². The van der Waals surface area contributed by atoms with Crippen LogP contribution in [0.3, 0.4) is 0 Å². The number of halogens is 1. The molecule has 0 radical (unpaired) electrons. The number of rotatable bonds is 5. The summed E-state index contributed by atoms with van der Waals surface area (Å²) >= 11 is 0. The second-order valence-corrected chi connectivity index (χ2v) is 7.65. The molecule has 1 atom stereocenters. The molecule has 4 rings (SSSR count). The van der Waals surface area contributed by atoms with Crippen molar-refractivity contribution in [1.82, 2.24) is 10.4 Å². The second kappa shape index (κ2) is 9.44. The Kier molecular flexibility index (Phi) is 6.49. The Hall–Kier alpha value is -2.65. The fourth-order valence-corrected chi connectivity index (χ4v) is 4.16. The maximum atomic E-state index is 14.5. The number of allylic oxidation sites excluding steroid dienone is 6. The van der Waals surface area contributed by atoms with Crippen molar-refractivity contribution >= 4 is 11.3 Å². The maximum Gasteiger partial charge on any atom is 0.135 e. The van der Waals surface area contributed by atoms with Gasteiger partial charge in [0.05, 0.1) is 32.1 Å². The Morgan fingerprint density at radius 2 is 2.23 bits per heavy atom. The number of terminal acetylenes is 1. The fourth-order valence-electron chi connectivity index (χ4n) is 4.16. The number of nitrogens with zero attached hydrogens (tertiary/aromatic N) is 1. The summed E-state index contributed by atoms with van der Waals surface area (Å²) in [5.41, 5.74) is 5.58. The van der Waals surface area contributed by atoms with Gasteiger partial charge in [-0.15, -0.1) is 6.42 Å². The molecule has 1 aromatic carbocycles. The summed E-state index contributed by atoms with van der Waals surface area (Å²) in [7, 11) is 1.66. The van der Waals surface area contributed by atoms with Crippen LogP contribution in [0.2, 0.25) is 0 Å². The third-order valence-electron chi connectivity index (χ3n) is 5.73. The molecule has 2 heterocycles. The van der Waals surface area contributed by atoms with Crippen LogP contribution in [0.5, 0.6) is 0 Å². The first-order chi connectivity index (χ1) is 14.7. The van der Waals surface area contributed by atoms with Gasteiger partial charge in [0.25, 0.3) is 0 Å². The van der Waals surface area contributed by atoms with E-state index < -0.39 is 0 Å². The Balaban J connectivity index is 1.74. The zero-order valence-corrected chi connectivity index (χ0v) is 17.3. The Morgan fingerprint density at radius 3 is 2.97 bits per heavy atom. The highest BCUT2D eigenvalue weighted by molar-refractivity contribution is 5.82. The first-order valence-corrected chi connectivity index (χ1v) is 10.4. The number of hydrogen-bond acceptors (Lipinski definition) is 4. The van der Waals surface area contributed by atoms with Crippen LogP contribution in [0.15, 0.2) is 53.9 Å². The highest BCUT2D eigenvalue weighted by Gasteiger charge is 2.22. The van der Waals surface area contributed by atoms with Gasteiger partial charge in [0.1, 0.15) is 5.83 Å². The summed E-state index contributed by atoms with van der Waals surface area (Å²) in [6, 6.07) is 6.41. The van der Waals surface area contributed by atoms with E-state index in [4.69, 9.17) is 16.0 Å². The van der Waals surface area contributed by atoms with Gasteiger partial charge >= 0.3 is 0 Å². The van der Waals surface area contributed by atoms with Crippen LogP contribution < -0.4 is 5.32 Å². The molecule has 0 amide bonds. The summed E-state index contributed by atoms with van der Waals surface area (Å²) in [6.07, 6.45) is 15.4. The van der Waals surface area contributed by atoms with Crippen molar-refractivity contribution in [3.63, 3.8) is 0 Å². The lowest BCUT2D eigenvalue weighted by atomic mass is 9.87. The molecule has 156 valence electrons. The lowest BCUT2D eigenvalue weighted by Gasteiger charge is -2.29. The number of benzene rings is 1. The SMILES string of the molecule is C#CC1=C(F)C=C(c2cc(CC3CNCCO3)ccc2C2=CC=CCN2OC)CC1. The zero-order chi connectivity index (χ0) is 20.9. The molecule has 5 heteroatoms. The van der Waals surface area contributed by atoms with Crippen LogP contribution in [0, 0.1) is 12.3 Å². The molecule has 1 aliphatic carbocycles. The molecule has 1 aromatic rings. The number of hydroxylamine groups is 2. The lowest BCUT2D eigenvalue weighted by Crippen LogP contribution is -2.39. The molecule has 1 fully saturated rings. The number of nitrogens with one attached hydrogen (secondary N) is 1. The Bertz CT molecular complexity index is 962. The van der Waals surface area contributed by atoms with Crippen molar-refractivity contribution in [2.45, 2.75) is 25.4 Å². The zero-order valence-electron chi connectivity index (χ0n) is 17.3. The van der Waals surface area contributed by atoms with Crippen molar-refractivity contribution in [2.75, 3.05) is 33.4 Å². The smallest absolute Gasteiger partial charge is 0.135 e. The molecule has 0 spiro atoms. The number of ether oxygens (including phenoxy) is 1. The molecule has 0 saturated carbocycles. The van der Waals surface area contributed by atoms with Crippen molar-refractivity contribution in [1.29, 1.82) is 0 Å². The van der Waals surface area contributed by atoms with Crippen molar-refractivity contribution in [3.05, 3.63) is 70.6 Å². The normalized spacial score (nSPS) is 21.9. The monoisotopic (exact) mass is 406 g/mol. The van der Waals surface area contributed by atoms with Crippen LogP contribution in [-0.4, -0.2) is 44.5 Å². The van der Waals surface area contributed by atoms with E-state index in [1.807, 2.05) is 23.3 Å². The van der Waals surface area contributed by atoms with Crippen LogP contribution in [0.4, 0.5) is 4.39 Å². The van der Waals surface area contributed by atoms with Crippen LogP contribution in [-0.2, 0) is 16.0 Å². The van der Waals surface area contributed by atoms with Crippen LogP contribution in [0.1, 0.15) is 29.5 Å². The number of morpholine rings is 1. The highest BCUT2D eigenvalue weighted by atomic mass is 19.1. The van der Waals surface area contributed by atoms with Gasteiger partial charge in [0.15, 0.2) is 0 Å². The summed E-state index contributed by atoms with van der Waals surface area (Å²) in [4.78, 5) is 5.56. The van der Waals surface area contributed by atoms with Gasteiger partial charge < -0.3 is 10.1 Å². The minimum atomic E-state index is -0.309. The number of hydrogen-bond donors (Lipinski definition) is 1. The quantitative estimate of drug-likeness (QED) is 0.749. The summed E-state index contributed by atoms with van der Waals surface area (Å²) in [6.45, 7) is 3.13. The van der Waals surface area contributed by atoms with E-state index in [2.05, 4.69) is 29.4 Å². The summed E-state index contributed by atoms with van der Waals surface area (Å²) in [5.74, 6) is 2.16. The highest BCUT2D eigenvalue weighted by Crippen LogP contribution is 2.37. The molecule has 1 saturated heterocycles. The van der Waals surface area contributed by atoms with Crippen LogP contribution in [0.25, 0.3) is 11.3 Å². The topological polar surface area (TPSA) is 33.7 Å². The van der Waals surface area contributed by atoms with E-state index in [0.717, 1.165) is 48.5 Å². The predicted octanol–water partition coefficient (Wildman–Crippen LogP) is 4.03. The first-order valence-electron chi connectivity index (χ1n) is 10.4. The standard InChI is InChI=1S/C25H27FN2O2/c1-3-19-8-9-20(16-24(19)26)23-15-18(14-21-17-27-11-13-30-21)7-10-22(23)25-6-4-5-12-28(25)29-2/h1,4-7,10,15-16,21,27H,8-9,11-14,17H2,2H3. The average Bonchev–Trinajstić information content (AvgIpc) is 2.79. The van der Waals surface area contributed by atoms with Crippen molar-refractivity contribution in [2.24, 2.45) is 0 Å². The van der Waals surface area contributed by atoms with E-state index in [0.29, 0.717) is 25.0 Å². The maximum absolute atomic E-state index is 14.5. The second-order valence-electron chi connectivity index (χ2n) is 7.65. The van der Waals surface area contributed by atoms with E-state index >= 15 is 0 Å². The minimum Gasteiger partial charge on any atom is -0.375 e. The molecule has 1 unspecified atom stereocenters. The van der Waals surface area contributed by atoms with E-state index in [1.165, 1.54) is 5.56 Å². The average molecular weight is 407 g/mol. The van der Waals surface area contributed by atoms with Gasteiger partial charge in [-0.1, -0.05) is 36.3 Å². The minimum absolute atomic E-state index is 0.148. The molecule has 4 nitrogen and oxygen atoms in total. The molecular formula is C25H27FN2O2. The van der Waals surface area contributed by atoms with Gasteiger partial charge in [-0.3, -0.25) is 9.90 Å². The molecule has 1 N–H and O–H groups in total. The molecule has 0 bridgehead atoms. The molecule has 0 aromatic heterocycles. The van der Waals surface area contributed by atoms with Crippen molar-refractivity contribution < 1.29 is 14.0 Å². The third kappa shape index (κ3) is 4.41. The van der Waals surface area contributed by atoms with Gasteiger partial charge in [-0.2, -0.15) is 0 Å². The lowest BCUT2D eigenvalue weighted by molar-refractivity contribution is -0.0671. The summed E-state index contributed by atoms with van der Waals surface area (Å²) in [5, 5.41) is 5.22. The first kappa shape index (κ1) is 20.6. The van der Waals surface area contributed by atoms with E-state index in [1.54, 1.807) is 13.2 Å². The molecule has 2 aliphatic heterocycles. The Morgan fingerprint density at radius 1 is 1.33 bits per heavy atom. The van der Waals surface area contributed by atoms with Crippen molar-refractivity contribution in [3.8, 4) is 12.3 Å².